The van der Waals surface area contributed by atoms with Crippen molar-refractivity contribution in [2.24, 2.45) is 0 Å². The van der Waals surface area contributed by atoms with E-state index < -0.39 is 23.5 Å². The molecule has 0 unspecified atom stereocenters. The number of carbonyl (C=O) groups is 1. The van der Waals surface area contributed by atoms with Crippen molar-refractivity contribution in [3.63, 3.8) is 0 Å². The minimum absolute atomic E-state index is 0.00508. The van der Waals surface area contributed by atoms with Crippen LogP contribution in [0.25, 0.3) is 11.0 Å². The monoisotopic (exact) mass is 638 g/mol. The van der Waals surface area contributed by atoms with Gasteiger partial charge in [0.1, 0.15) is 24.1 Å². The predicted molar refractivity (Wildman–Crippen MR) is 158 cm³/mol. The number of piperazine rings is 1. The highest BCUT2D eigenvalue weighted by atomic mass is 19.4. The van der Waals surface area contributed by atoms with Gasteiger partial charge in [-0.25, -0.2) is 14.2 Å². The average Bonchev–Trinajstić information content (AvgIpc) is 3.38. The maximum atomic E-state index is 14.3. The maximum Gasteiger partial charge on any atom is 0.416 e. The van der Waals surface area contributed by atoms with E-state index in [9.17, 15) is 27.5 Å². The van der Waals surface area contributed by atoms with Crippen LogP contribution in [0.5, 0.6) is 5.88 Å². The van der Waals surface area contributed by atoms with Crippen molar-refractivity contribution in [2.45, 2.75) is 44.8 Å². The topological polar surface area (TPSA) is 117 Å². The molecular weight excluding hydrogens is 608 g/mol. The van der Waals surface area contributed by atoms with Gasteiger partial charge in [-0.05, 0) is 49.7 Å². The number of halogens is 4. The van der Waals surface area contributed by atoms with Crippen LogP contribution in [0.2, 0.25) is 0 Å². The molecule has 1 N–H and O–H groups in total. The highest BCUT2D eigenvalue weighted by Crippen LogP contribution is 2.35. The Kier molecular flexibility index (Phi) is 8.54. The molecule has 0 saturated carbocycles. The van der Waals surface area contributed by atoms with Crippen molar-refractivity contribution in [1.82, 2.24) is 19.4 Å². The predicted octanol–water partition coefficient (Wildman–Crippen LogP) is 5.41. The number of nitrogens with zero attached hydrogens (tertiary/aromatic N) is 6. The highest BCUT2D eigenvalue weighted by molar-refractivity contribution is 5.92. The molecule has 4 heterocycles. The van der Waals surface area contributed by atoms with Gasteiger partial charge in [0.25, 0.3) is 0 Å². The van der Waals surface area contributed by atoms with Crippen molar-refractivity contribution >= 4 is 22.8 Å². The third kappa shape index (κ3) is 6.47. The Hall–Kier alpha value is -4.74. The number of aromatic carboxylic acids is 1. The average molecular weight is 639 g/mol. The van der Waals surface area contributed by atoms with Gasteiger partial charge in [0, 0.05) is 44.4 Å². The Labute approximate surface area is 261 Å². The molecule has 6 rings (SSSR count). The number of imidazole rings is 1. The second-order valence-corrected chi connectivity index (χ2v) is 11.3. The normalized spacial score (nSPS) is 17.8. The number of hydrogen-bond donors (Lipinski definition) is 1. The standard InChI is InChI=1S/C32H30F4N6O4/c1-19(30-38-26-5-4-21(31(43)44)13-27(26)42(30)17-24-6-11-45-24)40-7-9-41(10-8-40)28-14-23(32(34,35)36)15-29(39-28)46-18-22-3-2-20(16-37)12-25(22)33/h2-5,12-15,19,24H,6-11,17-18H2,1H3,(H,43,44)/t19-,24-/m0/s1. The number of fused-ring (bicyclic) bond motifs is 1. The number of carboxylic acid groups (broad SMARTS) is 1. The van der Waals surface area contributed by atoms with E-state index in [0.717, 1.165) is 30.4 Å². The lowest BCUT2D eigenvalue weighted by Crippen LogP contribution is -2.48. The summed E-state index contributed by atoms with van der Waals surface area (Å²) in [6.45, 7) is 4.58. The Bertz CT molecular complexity index is 1810. The molecule has 14 heteroatoms. The van der Waals surface area contributed by atoms with Crippen LogP contribution in [0.15, 0.2) is 48.5 Å². The first-order chi connectivity index (χ1) is 22.0. The van der Waals surface area contributed by atoms with Gasteiger partial charge >= 0.3 is 12.1 Å². The molecule has 2 saturated heterocycles. The fourth-order valence-electron chi connectivity index (χ4n) is 5.70. The summed E-state index contributed by atoms with van der Waals surface area (Å²) in [6, 6.07) is 12.0. The van der Waals surface area contributed by atoms with Gasteiger partial charge < -0.3 is 24.0 Å². The van der Waals surface area contributed by atoms with E-state index in [1.807, 2.05) is 17.6 Å². The maximum absolute atomic E-state index is 14.3. The first-order valence-corrected chi connectivity index (χ1v) is 14.7. The molecule has 2 fully saturated rings. The third-order valence-corrected chi connectivity index (χ3v) is 8.44. The first kappa shape index (κ1) is 31.3. The van der Waals surface area contributed by atoms with Crippen molar-refractivity contribution in [1.29, 1.82) is 5.26 Å². The van der Waals surface area contributed by atoms with Crippen LogP contribution < -0.4 is 9.64 Å². The number of rotatable bonds is 9. The molecule has 2 aromatic carbocycles. The van der Waals surface area contributed by atoms with Crippen molar-refractivity contribution in [3.05, 3.63) is 82.4 Å². The zero-order valence-electron chi connectivity index (χ0n) is 24.8. The zero-order chi connectivity index (χ0) is 32.6. The van der Waals surface area contributed by atoms with Gasteiger partial charge in [-0.3, -0.25) is 4.90 Å². The number of hydrogen-bond acceptors (Lipinski definition) is 8. The van der Waals surface area contributed by atoms with E-state index in [0.29, 0.717) is 50.4 Å². The number of alkyl halides is 3. The molecule has 0 aliphatic carbocycles. The van der Waals surface area contributed by atoms with E-state index in [4.69, 9.17) is 19.7 Å². The summed E-state index contributed by atoms with van der Waals surface area (Å²) in [6.07, 6.45) is -3.76. The summed E-state index contributed by atoms with van der Waals surface area (Å²) >= 11 is 0. The first-order valence-electron chi connectivity index (χ1n) is 14.7. The van der Waals surface area contributed by atoms with Gasteiger partial charge in [0.05, 0.1) is 52.5 Å². The minimum atomic E-state index is -4.66. The molecule has 2 atom stereocenters. The molecule has 46 heavy (non-hydrogen) atoms. The smallest absolute Gasteiger partial charge is 0.416 e. The molecule has 0 radical (unpaired) electrons. The van der Waals surface area contributed by atoms with Gasteiger partial charge in [0.15, 0.2) is 0 Å². The molecule has 2 aliphatic rings. The molecule has 2 aliphatic heterocycles. The summed E-state index contributed by atoms with van der Waals surface area (Å²) in [5, 5.41) is 18.5. The quantitative estimate of drug-likeness (QED) is 0.240. The number of benzene rings is 2. The minimum Gasteiger partial charge on any atom is -0.478 e. The fraction of sp³-hybridized carbons (Fsp3) is 0.375. The van der Waals surface area contributed by atoms with Crippen molar-refractivity contribution in [3.8, 4) is 11.9 Å². The van der Waals surface area contributed by atoms with Gasteiger partial charge in [0.2, 0.25) is 5.88 Å². The van der Waals surface area contributed by atoms with E-state index in [1.165, 1.54) is 18.2 Å². The lowest BCUT2D eigenvalue weighted by molar-refractivity contribution is -0.137. The summed E-state index contributed by atoms with van der Waals surface area (Å²) in [7, 11) is 0. The van der Waals surface area contributed by atoms with Gasteiger partial charge in [-0.2, -0.15) is 23.4 Å². The number of carboxylic acids is 1. The lowest BCUT2D eigenvalue weighted by Gasteiger charge is -2.39. The Morgan fingerprint density at radius 3 is 2.52 bits per heavy atom. The molecular formula is C32H30F4N6O4. The van der Waals surface area contributed by atoms with Crippen LogP contribution in [0.3, 0.4) is 0 Å². The Morgan fingerprint density at radius 1 is 1.13 bits per heavy atom. The molecule has 10 nitrogen and oxygen atoms in total. The van der Waals surface area contributed by atoms with Crippen LogP contribution >= 0.6 is 0 Å². The third-order valence-electron chi connectivity index (χ3n) is 8.44. The highest BCUT2D eigenvalue weighted by Gasteiger charge is 2.34. The summed E-state index contributed by atoms with van der Waals surface area (Å²) in [5.74, 6) is -1.18. The number of pyridine rings is 1. The SMILES string of the molecule is C[C@@H](c1nc2ccc(C(=O)O)cc2n1C[C@@H]1CCO1)N1CCN(c2cc(C(F)(F)F)cc(OCc3ccc(C#N)cc3F)n2)CC1. The summed E-state index contributed by atoms with van der Waals surface area (Å²) < 4.78 is 69.1. The van der Waals surface area contributed by atoms with Crippen LogP contribution in [-0.2, 0) is 24.1 Å². The van der Waals surface area contributed by atoms with Crippen molar-refractivity contribution < 1.29 is 36.9 Å². The second-order valence-electron chi connectivity index (χ2n) is 11.3. The van der Waals surface area contributed by atoms with Crippen molar-refractivity contribution in [2.75, 3.05) is 37.7 Å². The lowest BCUT2D eigenvalue weighted by atomic mass is 10.1. The van der Waals surface area contributed by atoms with E-state index >= 15 is 0 Å². The fourth-order valence-corrected chi connectivity index (χ4v) is 5.70. The molecule has 240 valence electrons. The van der Waals surface area contributed by atoms with Crippen LogP contribution in [0.4, 0.5) is 23.4 Å². The molecule has 0 spiro atoms. The Balaban J connectivity index is 1.20. The van der Waals surface area contributed by atoms with E-state index in [1.54, 1.807) is 17.0 Å². The van der Waals surface area contributed by atoms with E-state index in [2.05, 4.69) is 9.88 Å². The van der Waals surface area contributed by atoms with Crippen LogP contribution in [0.1, 0.15) is 52.3 Å². The Morgan fingerprint density at radius 2 is 1.89 bits per heavy atom. The summed E-state index contributed by atoms with van der Waals surface area (Å²) in [5.41, 5.74) is 0.803. The zero-order valence-corrected chi connectivity index (χ0v) is 24.8. The van der Waals surface area contributed by atoms with Gasteiger partial charge in [-0.1, -0.05) is 6.07 Å². The molecule has 4 aromatic rings. The van der Waals surface area contributed by atoms with Crippen LogP contribution in [0, 0.1) is 17.1 Å². The molecule has 0 bridgehead atoms. The largest absolute Gasteiger partial charge is 0.478 e. The summed E-state index contributed by atoms with van der Waals surface area (Å²) in [4.78, 5) is 24.7. The number of anilines is 1. The molecule has 0 amide bonds. The van der Waals surface area contributed by atoms with Gasteiger partial charge in [-0.15, -0.1) is 0 Å². The number of nitriles is 1. The molecule has 2 aromatic heterocycles. The van der Waals surface area contributed by atoms with E-state index in [-0.39, 0.29) is 47.1 Å². The number of aromatic nitrogens is 3. The number of ether oxygens (including phenoxy) is 2. The van der Waals surface area contributed by atoms with Crippen LogP contribution in [-0.4, -0.2) is 69.4 Å². The second kappa shape index (κ2) is 12.6.